The Morgan fingerprint density at radius 3 is 2.76 bits per heavy atom. The standard InChI is InChI=1S/C12H11BrClNO2/c1-16-10-3-2-7(14)6-8(10)11(15)12-9(13)4-5-17-12/h2-6,11H,15H2,1H3. The maximum absolute atomic E-state index is 6.14. The van der Waals surface area contributed by atoms with Crippen molar-refractivity contribution in [3.05, 3.63) is 51.3 Å². The fourth-order valence-electron chi connectivity index (χ4n) is 1.62. The molecule has 0 spiro atoms. The smallest absolute Gasteiger partial charge is 0.139 e. The number of hydrogen-bond donors (Lipinski definition) is 1. The monoisotopic (exact) mass is 315 g/mol. The second-order valence-electron chi connectivity index (χ2n) is 3.50. The Morgan fingerprint density at radius 2 is 2.18 bits per heavy atom. The summed E-state index contributed by atoms with van der Waals surface area (Å²) in [7, 11) is 1.59. The van der Waals surface area contributed by atoms with Gasteiger partial charge >= 0.3 is 0 Å². The van der Waals surface area contributed by atoms with Gasteiger partial charge in [-0.1, -0.05) is 11.6 Å². The Labute approximate surface area is 113 Å². The van der Waals surface area contributed by atoms with Gasteiger partial charge in [-0.2, -0.15) is 0 Å². The van der Waals surface area contributed by atoms with Crippen LogP contribution in [0.15, 0.2) is 39.4 Å². The molecule has 0 saturated heterocycles. The molecule has 1 atom stereocenters. The van der Waals surface area contributed by atoms with Crippen LogP contribution in [-0.4, -0.2) is 7.11 Å². The van der Waals surface area contributed by atoms with E-state index >= 15 is 0 Å². The number of methoxy groups -OCH3 is 1. The molecule has 0 amide bonds. The molecule has 1 aromatic heterocycles. The van der Waals surface area contributed by atoms with Crippen LogP contribution in [-0.2, 0) is 0 Å². The van der Waals surface area contributed by atoms with Crippen molar-refractivity contribution in [3.63, 3.8) is 0 Å². The van der Waals surface area contributed by atoms with Gasteiger partial charge in [-0.05, 0) is 40.2 Å². The van der Waals surface area contributed by atoms with Crippen LogP contribution in [0.25, 0.3) is 0 Å². The first-order valence-corrected chi connectivity index (χ1v) is 6.12. The number of nitrogens with two attached hydrogens (primary N) is 1. The van der Waals surface area contributed by atoms with Gasteiger partial charge in [-0.3, -0.25) is 0 Å². The fraction of sp³-hybridized carbons (Fsp3) is 0.167. The molecular formula is C12H11BrClNO2. The van der Waals surface area contributed by atoms with Gasteiger partial charge in [-0.25, -0.2) is 0 Å². The molecule has 1 heterocycles. The Morgan fingerprint density at radius 1 is 1.41 bits per heavy atom. The van der Waals surface area contributed by atoms with Crippen molar-refractivity contribution in [1.29, 1.82) is 0 Å². The van der Waals surface area contributed by atoms with E-state index in [-0.39, 0.29) is 0 Å². The van der Waals surface area contributed by atoms with Gasteiger partial charge in [0.05, 0.1) is 23.9 Å². The van der Waals surface area contributed by atoms with Gasteiger partial charge in [0.25, 0.3) is 0 Å². The van der Waals surface area contributed by atoms with Crippen molar-refractivity contribution < 1.29 is 9.15 Å². The Balaban J connectivity index is 2.46. The minimum atomic E-state index is -0.423. The van der Waals surface area contributed by atoms with Gasteiger partial charge in [0.15, 0.2) is 0 Å². The minimum absolute atomic E-state index is 0.423. The zero-order chi connectivity index (χ0) is 12.4. The van der Waals surface area contributed by atoms with E-state index in [9.17, 15) is 0 Å². The lowest BCUT2D eigenvalue weighted by molar-refractivity contribution is 0.403. The average Bonchev–Trinajstić information content (AvgIpc) is 2.74. The average molecular weight is 317 g/mol. The molecule has 90 valence electrons. The first kappa shape index (κ1) is 12.5. The highest BCUT2D eigenvalue weighted by molar-refractivity contribution is 9.10. The molecular weight excluding hydrogens is 305 g/mol. The lowest BCUT2D eigenvalue weighted by atomic mass is 10.0. The van der Waals surface area contributed by atoms with Crippen molar-refractivity contribution in [3.8, 4) is 5.75 Å². The zero-order valence-electron chi connectivity index (χ0n) is 9.11. The van der Waals surface area contributed by atoms with Crippen molar-refractivity contribution in [2.24, 2.45) is 5.73 Å². The van der Waals surface area contributed by atoms with Crippen LogP contribution in [0, 0.1) is 0 Å². The van der Waals surface area contributed by atoms with E-state index in [1.54, 1.807) is 37.6 Å². The maximum atomic E-state index is 6.14. The van der Waals surface area contributed by atoms with Crippen LogP contribution >= 0.6 is 27.5 Å². The lowest BCUT2D eigenvalue weighted by Crippen LogP contribution is -2.12. The van der Waals surface area contributed by atoms with E-state index in [4.69, 9.17) is 26.5 Å². The predicted molar refractivity (Wildman–Crippen MR) is 70.4 cm³/mol. The van der Waals surface area contributed by atoms with Crippen LogP contribution in [0.1, 0.15) is 17.4 Å². The molecule has 0 fully saturated rings. The summed E-state index contributed by atoms with van der Waals surface area (Å²) in [5, 5.41) is 0.610. The third kappa shape index (κ3) is 2.49. The summed E-state index contributed by atoms with van der Waals surface area (Å²) in [6.45, 7) is 0. The minimum Gasteiger partial charge on any atom is -0.496 e. The summed E-state index contributed by atoms with van der Waals surface area (Å²) in [6.07, 6.45) is 1.58. The summed E-state index contributed by atoms with van der Waals surface area (Å²) in [6, 6.07) is 6.70. The lowest BCUT2D eigenvalue weighted by Gasteiger charge is -2.14. The summed E-state index contributed by atoms with van der Waals surface area (Å²) >= 11 is 9.35. The molecule has 0 radical (unpaired) electrons. The number of ether oxygens (including phenoxy) is 1. The predicted octanol–water partition coefficient (Wildman–Crippen LogP) is 3.75. The topological polar surface area (TPSA) is 48.4 Å². The van der Waals surface area contributed by atoms with Crippen LogP contribution in [0.4, 0.5) is 0 Å². The van der Waals surface area contributed by atoms with E-state index in [0.717, 1.165) is 10.0 Å². The Kier molecular flexibility index (Phi) is 3.76. The first-order valence-electron chi connectivity index (χ1n) is 4.95. The van der Waals surface area contributed by atoms with E-state index in [1.807, 2.05) is 0 Å². The first-order chi connectivity index (χ1) is 8.13. The highest BCUT2D eigenvalue weighted by Crippen LogP contribution is 2.34. The summed E-state index contributed by atoms with van der Waals surface area (Å²) in [4.78, 5) is 0. The third-order valence-electron chi connectivity index (χ3n) is 2.45. The number of benzene rings is 1. The number of halogens is 2. The molecule has 0 saturated carbocycles. The normalized spacial score (nSPS) is 12.5. The number of hydrogen-bond acceptors (Lipinski definition) is 3. The van der Waals surface area contributed by atoms with Crippen molar-refractivity contribution >= 4 is 27.5 Å². The molecule has 1 aromatic carbocycles. The molecule has 3 nitrogen and oxygen atoms in total. The third-order valence-corrected chi connectivity index (χ3v) is 3.34. The van der Waals surface area contributed by atoms with Gasteiger partial charge in [-0.15, -0.1) is 0 Å². The summed E-state index contributed by atoms with van der Waals surface area (Å²) < 4.78 is 11.4. The van der Waals surface area contributed by atoms with Crippen molar-refractivity contribution in [2.75, 3.05) is 7.11 Å². The van der Waals surface area contributed by atoms with E-state index in [0.29, 0.717) is 16.5 Å². The highest BCUT2D eigenvalue weighted by Gasteiger charge is 2.19. The van der Waals surface area contributed by atoms with Crippen LogP contribution < -0.4 is 10.5 Å². The quantitative estimate of drug-likeness (QED) is 0.938. The Bertz CT molecular complexity index is 527. The molecule has 1 unspecified atom stereocenters. The Hall–Kier alpha value is -0.970. The molecule has 2 rings (SSSR count). The second kappa shape index (κ2) is 5.12. The maximum Gasteiger partial charge on any atom is 0.139 e. The van der Waals surface area contributed by atoms with Gasteiger partial charge in [0.1, 0.15) is 11.5 Å². The summed E-state index contributed by atoms with van der Waals surface area (Å²) in [5.41, 5.74) is 6.93. The SMILES string of the molecule is COc1ccc(Cl)cc1C(N)c1occc1Br. The highest BCUT2D eigenvalue weighted by atomic mass is 79.9. The molecule has 0 bridgehead atoms. The molecule has 0 aliphatic rings. The molecule has 5 heteroatoms. The van der Waals surface area contributed by atoms with Gasteiger partial charge in [0, 0.05) is 10.6 Å². The molecule has 2 N–H and O–H groups in total. The van der Waals surface area contributed by atoms with E-state index in [1.165, 1.54) is 0 Å². The van der Waals surface area contributed by atoms with Crippen LogP contribution in [0.2, 0.25) is 5.02 Å². The van der Waals surface area contributed by atoms with E-state index in [2.05, 4.69) is 15.9 Å². The molecule has 0 aliphatic heterocycles. The van der Waals surface area contributed by atoms with Crippen molar-refractivity contribution in [1.82, 2.24) is 0 Å². The largest absolute Gasteiger partial charge is 0.496 e. The molecule has 2 aromatic rings. The molecule has 0 aliphatic carbocycles. The van der Waals surface area contributed by atoms with Crippen molar-refractivity contribution in [2.45, 2.75) is 6.04 Å². The van der Waals surface area contributed by atoms with Crippen LogP contribution in [0.5, 0.6) is 5.75 Å². The van der Waals surface area contributed by atoms with Crippen LogP contribution in [0.3, 0.4) is 0 Å². The van der Waals surface area contributed by atoms with E-state index < -0.39 is 6.04 Å². The second-order valence-corrected chi connectivity index (χ2v) is 4.79. The molecule has 17 heavy (non-hydrogen) atoms. The number of furan rings is 1. The fourth-order valence-corrected chi connectivity index (χ4v) is 2.25. The van der Waals surface area contributed by atoms with Gasteiger partial charge in [0.2, 0.25) is 0 Å². The van der Waals surface area contributed by atoms with Gasteiger partial charge < -0.3 is 14.9 Å². The summed E-state index contributed by atoms with van der Waals surface area (Å²) in [5.74, 6) is 1.33. The zero-order valence-corrected chi connectivity index (χ0v) is 11.5. The number of rotatable bonds is 3.